The SMILES string of the molecule is COCC1CCCN1C(=O)CCCCCCCCCCC(=O)CC(COCCC(=O)NCCCN)(COCCC(=O)NCCCN)COCCC(=O)NCCCN. The summed E-state index contributed by atoms with van der Waals surface area (Å²) in [4.78, 5) is 65.0. The van der Waals surface area contributed by atoms with Crippen molar-refractivity contribution in [1.82, 2.24) is 20.9 Å². The first-order chi connectivity index (χ1) is 27.7. The first-order valence-corrected chi connectivity index (χ1v) is 21.6. The number of nitrogens with zero attached hydrogens (tertiary/aromatic N) is 1. The minimum atomic E-state index is -0.889. The van der Waals surface area contributed by atoms with Crippen LogP contribution in [0.25, 0.3) is 0 Å². The molecule has 0 aliphatic carbocycles. The molecule has 1 aliphatic rings. The quantitative estimate of drug-likeness (QED) is 0.0490. The molecule has 0 saturated carbocycles. The van der Waals surface area contributed by atoms with Crippen LogP contribution in [0.5, 0.6) is 0 Å². The predicted octanol–water partition coefficient (Wildman–Crippen LogP) is 2.09. The van der Waals surface area contributed by atoms with Gasteiger partial charge in [0.05, 0.1) is 52.3 Å². The summed E-state index contributed by atoms with van der Waals surface area (Å²) < 4.78 is 23.3. The van der Waals surface area contributed by atoms with Crippen LogP contribution in [0.15, 0.2) is 0 Å². The van der Waals surface area contributed by atoms with Crippen molar-refractivity contribution in [2.24, 2.45) is 22.6 Å². The molecular weight excluding hydrogens is 734 g/mol. The van der Waals surface area contributed by atoms with Crippen LogP contribution in [-0.4, -0.2) is 140 Å². The second-order valence-corrected chi connectivity index (χ2v) is 15.3. The van der Waals surface area contributed by atoms with Gasteiger partial charge in [-0.25, -0.2) is 0 Å². The van der Waals surface area contributed by atoms with Crippen molar-refractivity contribution in [2.45, 2.75) is 128 Å². The van der Waals surface area contributed by atoms with Crippen LogP contribution in [0.3, 0.4) is 0 Å². The number of carbonyl (C=O) groups is 5. The third-order valence-corrected chi connectivity index (χ3v) is 9.98. The van der Waals surface area contributed by atoms with Gasteiger partial charge in [-0.05, 0) is 64.6 Å². The maximum absolute atomic E-state index is 13.5. The highest BCUT2D eigenvalue weighted by Gasteiger charge is 2.35. The second kappa shape index (κ2) is 35.2. The molecule has 0 spiro atoms. The monoisotopic (exact) mass is 814 g/mol. The average Bonchev–Trinajstić information content (AvgIpc) is 3.66. The lowest BCUT2D eigenvalue weighted by Gasteiger charge is -2.33. The van der Waals surface area contributed by atoms with E-state index in [1.165, 1.54) is 0 Å². The second-order valence-electron chi connectivity index (χ2n) is 15.3. The van der Waals surface area contributed by atoms with Crippen LogP contribution >= 0.6 is 0 Å². The van der Waals surface area contributed by atoms with E-state index < -0.39 is 5.41 Å². The Morgan fingerprint density at radius 1 is 0.596 bits per heavy atom. The van der Waals surface area contributed by atoms with Gasteiger partial charge in [-0.2, -0.15) is 0 Å². The molecule has 1 unspecified atom stereocenters. The van der Waals surface area contributed by atoms with Crippen LogP contribution in [0.1, 0.15) is 122 Å². The van der Waals surface area contributed by atoms with Crippen molar-refractivity contribution in [3.8, 4) is 0 Å². The summed E-state index contributed by atoms with van der Waals surface area (Å²) in [6.07, 6.45) is 13.7. The number of hydrogen-bond donors (Lipinski definition) is 6. The molecule has 16 nitrogen and oxygen atoms in total. The lowest BCUT2D eigenvalue weighted by Crippen LogP contribution is -2.40. The molecule has 0 aromatic carbocycles. The normalized spacial score (nSPS) is 14.2. The van der Waals surface area contributed by atoms with Gasteiger partial charge in [-0.15, -0.1) is 0 Å². The van der Waals surface area contributed by atoms with E-state index >= 15 is 0 Å². The molecule has 0 aromatic heterocycles. The van der Waals surface area contributed by atoms with E-state index in [-0.39, 0.29) is 101 Å². The van der Waals surface area contributed by atoms with Crippen LogP contribution < -0.4 is 33.2 Å². The Morgan fingerprint density at radius 2 is 1.02 bits per heavy atom. The van der Waals surface area contributed by atoms with Gasteiger partial charge >= 0.3 is 0 Å². The molecule has 1 heterocycles. The third-order valence-electron chi connectivity index (χ3n) is 9.98. The van der Waals surface area contributed by atoms with Gasteiger partial charge in [0.2, 0.25) is 23.6 Å². The number of unbranched alkanes of at least 4 members (excludes halogenated alkanes) is 7. The first-order valence-electron chi connectivity index (χ1n) is 21.6. The molecule has 1 fully saturated rings. The number of amides is 4. The van der Waals surface area contributed by atoms with Crippen molar-refractivity contribution in [3.63, 3.8) is 0 Å². The fraction of sp³-hybridized carbons (Fsp3) is 0.878. The highest BCUT2D eigenvalue weighted by molar-refractivity contribution is 5.79. The average molecular weight is 814 g/mol. The van der Waals surface area contributed by atoms with Gasteiger partial charge in [0, 0.05) is 77.2 Å². The molecule has 1 rings (SSSR count). The van der Waals surface area contributed by atoms with E-state index in [0.717, 1.165) is 70.8 Å². The molecule has 16 heteroatoms. The molecule has 4 amide bonds. The highest BCUT2D eigenvalue weighted by Crippen LogP contribution is 2.27. The van der Waals surface area contributed by atoms with Gasteiger partial charge in [0.25, 0.3) is 0 Å². The Morgan fingerprint density at radius 3 is 1.44 bits per heavy atom. The lowest BCUT2D eigenvalue weighted by atomic mass is 9.84. The van der Waals surface area contributed by atoms with Crippen LogP contribution in [0.2, 0.25) is 0 Å². The summed E-state index contributed by atoms with van der Waals surface area (Å²) in [5.41, 5.74) is 15.7. The highest BCUT2D eigenvalue weighted by atomic mass is 16.5. The molecule has 9 N–H and O–H groups in total. The van der Waals surface area contributed by atoms with E-state index in [4.69, 9.17) is 36.1 Å². The van der Waals surface area contributed by atoms with Gasteiger partial charge in [0.1, 0.15) is 5.78 Å². The van der Waals surface area contributed by atoms with Crippen LogP contribution in [-0.2, 0) is 42.9 Å². The molecule has 332 valence electrons. The standard InChI is InChI=1S/C41H79N7O9/c1-54-31-35-14-10-26-48(35)40(53)16-9-7-5-3-2-4-6-8-15-36(49)30-41(32-55-27-17-37(50)45-23-11-20-42,33-56-28-18-38(51)46-24-12-21-43)34-57-29-19-39(52)47-25-13-22-44/h35H,2-34,42-44H2,1H3,(H,45,50)(H,46,51)(H,47,52). The van der Waals surface area contributed by atoms with Gasteiger partial charge in [-0.3, -0.25) is 24.0 Å². The van der Waals surface area contributed by atoms with Gasteiger partial charge in [-0.1, -0.05) is 38.5 Å². The maximum atomic E-state index is 13.5. The number of nitrogens with two attached hydrogens (primary N) is 3. The molecule has 57 heavy (non-hydrogen) atoms. The topological polar surface area (TPSA) is 240 Å². The molecular formula is C41H79N7O9. The predicted molar refractivity (Wildman–Crippen MR) is 221 cm³/mol. The molecule has 1 aliphatic heterocycles. The number of ether oxygens (including phenoxy) is 4. The third kappa shape index (κ3) is 27.6. The Kier molecular flexibility index (Phi) is 32.3. The summed E-state index contributed by atoms with van der Waals surface area (Å²) in [7, 11) is 1.69. The zero-order chi connectivity index (χ0) is 41.8. The minimum Gasteiger partial charge on any atom is -0.383 e. The van der Waals surface area contributed by atoms with E-state index in [0.29, 0.717) is 78.0 Å². The number of likely N-dealkylation sites (tertiary alicyclic amines) is 1. The zero-order valence-electron chi connectivity index (χ0n) is 35.3. The Bertz CT molecular complexity index is 1010. The van der Waals surface area contributed by atoms with Crippen LogP contribution in [0.4, 0.5) is 0 Å². The van der Waals surface area contributed by atoms with E-state index in [2.05, 4.69) is 16.0 Å². The summed E-state index contributed by atoms with van der Waals surface area (Å²) in [5, 5.41) is 8.44. The summed E-state index contributed by atoms with van der Waals surface area (Å²) >= 11 is 0. The van der Waals surface area contributed by atoms with Gasteiger partial charge in [0.15, 0.2) is 0 Å². The van der Waals surface area contributed by atoms with Crippen LogP contribution in [0, 0.1) is 5.41 Å². The smallest absolute Gasteiger partial charge is 0.222 e. The van der Waals surface area contributed by atoms with Crippen molar-refractivity contribution >= 4 is 29.4 Å². The number of rotatable bonds is 39. The Balaban J connectivity index is 2.68. The number of carbonyl (C=O) groups excluding carboxylic acids is 5. The number of Topliss-reactive ketones (excluding diaryl/α,β-unsaturated/α-hetero) is 1. The molecule has 0 radical (unpaired) electrons. The molecule has 1 atom stereocenters. The minimum absolute atomic E-state index is 0.0554. The van der Waals surface area contributed by atoms with Crippen molar-refractivity contribution in [3.05, 3.63) is 0 Å². The summed E-state index contributed by atoms with van der Waals surface area (Å²) in [6, 6.07) is 0.227. The largest absolute Gasteiger partial charge is 0.383 e. The van der Waals surface area contributed by atoms with E-state index in [1.807, 2.05) is 4.90 Å². The summed E-state index contributed by atoms with van der Waals surface area (Å²) in [6.45, 7) is 5.09. The Labute approximate surface area is 342 Å². The molecule has 0 aromatic rings. The summed E-state index contributed by atoms with van der Waals surface area (Å²) in [5.74, 6) is -0.147. The molecule has 1 saturated heterocycles. The number of methoxy groups -OCH3 is 1. The zero-order valence-corrected chi connectivity index (χ0v) is 35.3. The van der Waals surface area contributed by atoms with Crippen molar-refractivity contribution < 1.29 is 42.9 Å². The number of ketones is 1. The molecule has 0 bridgehead atoms. The van der Waals surface area contributed by atoms with Crippen molar-refractivity contribution in [2.75, 3.05) is 99.2 Å². The fourth-order valence-corrected chi connectivity index (χ4v) is 6.73. The van der Waals surface area contributed by atoms with Crippen molar-refractivity contribution in [1.29, 1.82) is 0 Å². The lowest BCUT2D eigenvalue weighted by molar-refractivity contribution is -0.133. The van der Waals surface area contributed by atoms with E-state index in [9.17, 15) is 24.0 Å². The first kappa shape index (κ1) is 52.3. The maximum Gasteiger partial charge on any atom is 0.222 e. The van der Waals surface area contributed by atoms with Gasteiger partial charge < -0.3 is 57.0 Å². The van der Waals surface area contributed by atoms with E-state index in [1.54, 1.807) is 7.11 Å². The number of nitrogens with one attached hydrogen (secondary N) is 3. The fourth-order valence-electron chi connectivity index (χ4n) is 6.73. The number of hydrogen-bond acceptors (Lipinski definition) is 12. The Hall–Kier alpha value is -2.73.